The van der Waals surface area contributed by atoms with Gasteiger partial charge in [0.1, 0.15) is 5.75 Å². The minimum Gasteiger partial charge on any atom is -0.484 e. The first-order chi connectivity index (χ1) is 14.6. The lowest BCUT2D eigenvalue weighted by atomic mass is 9.92. The molecule has 1 aromatic carbocycles. The molecule has 0 aromatic heterocycles. The Balaban J connectivity index is 1.48. The van der Waals surface area contributed by atoms with Crippen molar-refractivity contribution in [3.8, 4) is 5.75 Å². The van der Waals surface area contributed by atoms with E-state index in [1.54, 1.807) is 0 Å². The van der Waals surface area contributed by atoms with Gasteiger partial charge < -0.3 is 15.0 Å². The van der Waals surface area contributed by atoms with E-state index in [1.807, 2.05) is 40.6 Å². The molecule has 0 saturated carbocycles. The van der Waals surface area contributed by atoms with E-state index in [9.17, 15) is 9.59 Å². The summed E-state index contributed by atoms with van der Waals surface area (Å²) in [6.07, 6.45) is 5.02. The Bertz CT molecular complexity index is 692. The number of ether oxygens (including phenoxy) is 1. The first-order valence-electron chi connectivity index (χ1n) is 11.1. The van der Waals surface area contributed by atoms with Crippen LogP contribution in [0.3, 0.4) is 0 Å². The van der Waals surface area contributed by atoms with Crippen molar-refractivity contribution in [1.29, 1.82) is 0 Å². The molecule has 0 bridgehead atoms. The number of carbonyl (C=O) groups is 2. The molecule has 30 heavy (non-hydrogen) atoms. The number of piperidine rings is 1. The number of nitrogens with zero attached hydrogens (tertiary/aromatic N) is 1. The molecule has 2 aliphatic rings. The standard InChI is InChI=1S/C23H34N2O3S2/c1-3-4-12-24-22(27)19-7-6-17(2)25(15-19)21(26)16-28-20-10-8-18(9-11-20)23-29-13-5-14-30-23/h8-11,17,19,23H,3-7,12-16H2,1-2H3,(H,24,27). The maximum Gasteiger partial charge on any atom is 0.260 e. The number of carbonyl (C=O) groups excluding carboxylic acids is 2. The largest absolute Gasteiger partial charge is 0.484 e. The molecule has 0 radical (unpaired) electrons. The molecule has 1 N–H and O–H groups in total. The summed E-state index contributed by atoms with van der Waals surface area (Å²) < 4.78 is 6.29. The fourth-order valence-electron chi connectivity index (χ4n) is 3.83. The predicted octanol–water partition coefficient (Wildman–Crippen LogP) is 4.48. The molecular weight excluding hydrogens is 416 g/mol. The van der Waals surface area contributed by atoms with Crippen LogP contribution in [0.1, 0.15) is 56.1 Å². The third-order valence-electron chi connectivity index (χ3n) is 5.74. The number of unbranched alkanes of at least 4 members (excludes halogenated alkanes) is 1. The highest BCUT2D eigenvalue weighted by atomic mass is 32.2. The summed E-state index contributed by atoms with van der Waals surface area (Å²) in [6.45, 7) is 5.37. The Hall–Kier alpha value is -1.34. The van der Waals surface area contributed by atoms with Crippen LogP contribution in [0.25, 0.3) is 0 Å². The molecule has 0 spiro atoms. The van der Waals surface area contributed by atoms with Gasteiger partial charge in [0.15, 0.2) is 6.61 Å². The molecule has 2 unspecified atom stereocenters. The molecule has 2 saturated heterocycles. The van der Waals surface area contributed by atoms with Crippen molar-refractivity contribution in [2.24, 2.45) is 5.92 Å². The summed E-state index contributed by atoms with van der Waals surface area (Å²) in [6, 6.07) is 8.28. The normalized spacial score (nSPS) is 22.5. The molecule has 2 heterocycles. The van der Waals surface area contributed by atoms with Gasteiger partial charge in [0.2, 0.25) is 5.91 Å². The first kappa shape index (κ1) is 23.3. The van der Waals surface area contributed by atoms with E-state index in [-0.39, 0.29) is 30.4 Å². The maximum absolute atomic E-state index is 12.8. The summed E-state index contributed by atoms with van der Waals surface area (Å²) in [5.74, 6) is 3.06. The van der Waals surface area contributed by atoms with Crippen LogP contribution < -0.4 is 10.1 Å². The van der Waals surface area contributed by atoms with Crippen molar-refractivity contribution in [3.63, 3.8) is 0 Å². The van der Waals surface area contributed by atoms with Crippen molar-refractivity contribution in [3.05, 3.63) is 29.8 Å². The van der Waals surface area contributed by atoms with Crippen molar-refractivity contribution in [2.45, 2.75) is 56.6 Å². The van der Waals surface area contributed by atoms with Crippen molar-refractivity contribution in [1.82, 2.24) is 10.2 Å². The van der Waals surface area contributed by atoms with Crippen LogP contribution in [0.2, 0.25) is 0 Å². The van der Waals surface area contributed by atoms with E-state index in [0.29, 0.717) is 17.7 Å². The third kappa shape index (κ3) is 6.58. The zero-order chi connectivity index (χ0) is 21.3. The summed E-state index contributed by atoms with van der Waals surface area (Å²) in [7, 11) is 0. The zero-order valence-electron chi connectivity index (χ0n) is 18.1. The highest BCUT2D eigenvalue weighted by molar-refractivity contribution is 8.16. The van der Waals surface area contributed by atoms with Crippen LogP contribution in [-0.4, -0.2) is 54.0 Å². The van der Waals surface area contributed by atoms with Gasteiger partial charge in [-0.05, 0) is 61.8 Å². The SMILES string of the molecule is CCCCNC(=O)C1CCC(C)N(C(=O)COc2ccc(C3SCCCS3)cc2)C1. The molecule has 2 fully saturated rings. The minimum atomic E-state index is -0.119. The quantitative estimate of drug-likeness (QED) is 0.592. The lowest BCUT2D eigenvalue weighted by Gasteiger charge is -2.37. The van der Waals surface area contributed by atoms with Crippen LogP contribution >= 0.6 is 23.5 Å². The van der Waals surface area contributed by atoms with Gasteiger partial charge in [0.25, 0.3) is 5.91 Å². The summed E-state index contributed by atoms with van der Waals surface area (Å²) in [5.41, 5.74) is 1.31. The number of hydrogen-bond donors (Lipinski definition) is 1. The molecule has 2 atom stereocenters. The van der Waals surface area contributed by atoms with E-state index in [4.69, 9.17) is 4.74 Å². The highest BCUT2D eigenvalue weighted by Crippen LogP contribution is 2.43. The van der Waals surface area contributed by atoms with Gasteiger partial charge in [0.05, 0.1) is 10.5 Å². The minimum absolute atomic E-state index is 0.0147. The van der Waals surface area contributed by atoms with E-state index in [0.717, 1.165) is 31.4 Å². The highest BCUT2D eigenvalue weighted by Gasteiger charge is 2.32. The average molecular weight is 451 g/mol. The van der Waals surface area contributed by atoms with Gasteiger partial charge in [-0.3, -0.25) is 9.59 Å². The summed E-state index contributed by atoms with van der Waals surface area (Å²) in [5, 5.41) is 3.01. The Morgan fingerprint density at radius 3 is 2.60 bits per heavy atom. The molecule has 1 aromatic rings. The van der Waals surface area contributed by atoms with E-state index < -0.39 is 0 Å². The van der Waals surface area contributed by atoms with Gasteiger partial charge in [0, 0.05) is 19.1 Å². The average Bonchev–Trinajstić information content (AvgIpc) is 2.79. The van der Waals surface area contributed by atoms with Crippen LogP contribution in [0.15, 0.2) is 24.3 Å². The molecule has 166 valence electrons. The van der Waals surface area contributed by atoms with Gasteiger partial charge >= 0.3 is 0 Å². The topological polar surface area (TPSA) is 58.6 Å². The van der Waals surface area contributed by atoms with Crippen molar-refractivity contribution < 1.29 is 14.3 Å². The molecule has 0 aliphatic carbocycles. The second-order valence-electron chi connectivity index (χ2n) is 8.10. The van der Waals surface area contributed by atoms with Gasteiger partial charge in [-0.25, -0.2) is 0 Å². The van der Waals surface area contributed by atoms with Crippen LogP contribution in [0.4, 0.5) is 0 Å². The number of hydrogen-bond acceptors (Lipinski definition) is 5. The number of benzene rings is 1. The number of amides is 2. The Morgan fingerprint density at radius 2 is 1.90 bits per heavy atom. The second kappa shape index (κ2) is 11.9. The van der Waals surface area contributed by atoms with Crippen LogP contribution in [-0.2, 0) is 9.59 Å². The molecule has 5 nitrogen and oxygen atoms in total. The fourth-order valence-corrected chi connectivity index (χ4v) is 6.72. The van der Waals surface area contributed by atoms with E-state index >= 15 is 0 Å². The molecule has 2 aliphatic heterocycles. The summed E-state index contributed by atoms with van der Waals surface area (Å²) in [4.78, 5) is 27.0. The van der Waals surface area contributed by atoms with Crippen molar-refractivity contribution in [2.75, 3.05) is 31.2 Å². The predicted molar refractivity (Wildman–Crippen MR) is 126 cm³/mol. The van der Waals surface area contributed by atoms with E-state index in [1.165, 1.54) is 23.5 Å². The molecule has 2 amide bonds. The van der Waals surface area contributed by atoms with Gasteiger partial charge in [-0.2, -0.15) is 0 Å². The number of rotatable bonds is 8. The number of likely N-dealkylation sites (tertiary alicyclic amines) is 1. The third-order valence-corrected chi connectivity index (χ3v) is 8.76. The van der Waals surface area contributed by atoms with Crippen LogP contribution in [0.5, 0.6) is 5.75 Å². The maximum atomic E-state index is 12.8. The van der Waals surface area contributed by atoms with Gasteiger partial charge in [-0.1, -0.05) is 25.5 Å². The lowest BCUT2D eigenvalue weighted by molar-refractivity contribution is -0.140. The monoisotopic (exact) mass is 450 g/mol. The molecule has 3 rings (SSSR count). The number of nitrogens with one attached hydrogen (secondary N) is 1. The second-order valence-corrected chi connectivity index (χ2v) is 10.8. The van der Waals surface area contributed by atoms with Crippen molar-refractivity contribution >= 4 is 35.3 Å². The Labute approximate surface area is 189 Å². The zero-order valence-corrected chi connectivity index (χ0v) is 19.7. The first-order valence-corrected chi connectivity index (χ1v) is 13.2. The Kier molecular flexibility index (Phi) is 9.25. The molecule has 7 heteroatoms. The summed E-state index contributed by atoms with van der Waals surface area (Å²) >= 11 is 3.99. The fraction of sp³-hybridized carbons (Fsp3) is 0.652. The van der Waals surface area contributed by atoms with E-state index in [2.05, 4.69) is 31.3 Å². The Morgan fingerprint density at radius 1 is 1.17 bits per heavy atom. The van der Waals surface area contributed by atoms with Gasteiger partial charge in [-0.15, -0.1) is 23.5 Å². The van der Waals surface area contributed by atoms with Crippen LogP contribution in [0, 0.1) is 5.92 Å². The lowest BCUT2D eigenvalue weighted by Crippen LogP contribution is -2.50. The molecular formula is C23H34N2O3S2. The smallest absolute Gasteiger partial charge is 0.260 e. The number of thioether (sulfide) groups is 2.